The zero-order chi connectivity index (χ0) is 17.2. The van der Waals surface area contributed by atoms with Crippen LogP contribution >= 0.6 is 0 Å². The molecule has 0 amide bonds. The third-order valence-corrected chi connectivity index (χ3v) is 4.56. The first-order valence-electron chi connectivity index (χ1n) is 8.51. The van der Waals surface area contributed by atoms with Crippen molar-refractivity contribution in [2.45, 2.75) is 45.6 Å². The summed E-state index contributed by atoms with van der Waals surface area (Å²) in [5.74, 6) is 2.05. The number of hydrogen-bond donors (Lipinski definition) is 1. The highest BCUT2D eigenvalue weighted by molar-refractivity contribution is 5.28. The van der Waals surface area contributed by atoms with E-state index in [0.717, 1.165) is 11.6 Å². The van der Waals surface area contributed by atoms with Gasteiger partial charge in [-0.05, 0) is 36.5 Å². The second-order valence-electron chi connectivity index (χ2n) is 6.25. The van der Waals surface area contributed by atoms with Gasteiger partial charge in [-0.15, -0.1) is 0 Å². The van der Waals surface area contributed by atoms with E-state index in [-0.39, 0.29) is 0 Å². The summed E-state index contributed by atoms with van der Waals surface area (Å²) in [5.41, 5.74) is 0.784. The Kier molecular flexibility index (Phi) is 7.16. The Morgan fingerprint density at radius 2 is 1.96 bits per heavy atom. The molecule has 0 spiro atoms. The summed E-state index contributed by atoms with van der Waals surface area (Å²) >= 11 is 0. The summed E-state index contributed by atoms with van der Waals surface area (Å²) in [7, 11) is 0. The smallest absolute Gasteiger partial charge is 0.223 e. The van der Waals surface area contributed by atoms with E-state index in [4.69, 9.17) is 5.26 Å². The summed E-state index contributed by atoms with van der Waals surface area (Å²) in [5, 5.41) is 12.1. The minimum Gasteiger partial charge on any atom is -0.351 e. The summed E-state index contributed by atoms with van der Waals surface area (Å²) in [6.07, 6.45) is 9.32. The third kappa shape index (κ3) is 5.62. The van der Waals surface area contributed by atoms with E-state index in [9.17, 15) is 0 Å². The predicted molar refractivity (Wildman–Crippen MR) is 95.2 cm³/mol. The molecular weight excluding hydrogens is 298 g/mol. The Morgan fingerprint density at radius 3 is 2.58 bits per heavy atom. The van der Waals surface area contributed by atoms with Gasteiger partial charge in [0.1, 0.15) is 0 Å². The van der Waals surface area contributed by atoms with Gasteiger partial charge in [0.05, 0.1) is 18.2 Å². The lowest BCUT2D eigenvalue weighted by Gasteiger charge is -2.34. The highest BCUT2D eigenvalue weighted by atomic mass is 15.1. The maximum Gasteiger partial charge on any atom is 0.223 e. The fourth-order valence-corrected chi connectivity index (χ4v) is 2.91. The molecule has 2 aromatic heterocycles. The van der Waals surface area contributed by atoms with Crippen LogP contribution in [0.4, 0.5) is 5.95 Å². The minimum absolute atomic E-state index is 0.341. The second kappa shape index (κ2) is 9.61. The number of hydrogen-bond acceptors (Lipinski definition) is 5. The van der Waals surface area contributed by atoms with Crippen molar-refractivity contribution in [3.8, 4) is 6.07 Å². The Balaban J connectivity index is 0.000000292. The van der Waals surface area contributed by atoms with Crippen LogP contribution in [0.1, 0.15) is 38.8 Å². The summed E-state index contributed by atoms with van der Waals surface area (Å²) < 4.78 is 0. The van der Waals surface area contributed by atoms with E-state index in [1.54, 1.807) is 24.7 Å². The van der Waals surface area contributed by atoms with Crippen LogP contribution in [0.25, 0.3) is 0 Å². The SMILES string of the molecule is CC1CCCC(Nc2nccc(CC#N)n2)C1C.c1ccncc1. The van der Waals surface area contributed by atoms with Gasteiger partial charge in [0.2, 0.25) is 5.95 Å². The van der Waals surface area contributed by atoms with E-state index >= 15 is 0 Å². The predicted octanol–water partition coefficient (Wildman–Crippen LogP) is 3.86. The molecule has 0 aromatic carbocycles. The van der Waals surface area contributed by atoms with Crippen molar-refractivity contribution in [2.24, 2.45) is 11.8 Å². The summed E-state index contributed by atoms with van der Waals surface area (Å²) in [6, 6.07) is 10.1. The number of anilines is 1. The number of pyridine rings is 1. The molecule has 24 heavy (non-hydrogen) atoms. The first-order valence-corrected chi connectivity index (χ1v) is 8.51. The van der Waals surface area contributed by atoms with Gasteiger partial charge >= 0.3 is 0 Å². The van der Waals surface area contributed by atoms with Crippen LogP contribution in [-0.2, 0) is 6.42 Å². The van der Waals surface area contributed by atoms with Gasteiger partial charge < -0.3 is 5.32 Å². The number of aromatic nitrogens is 3. The zero-order valence-corrected chi connectivity index (χ0v) is 14.4. The molecule has 1 aliphatic carbocycles. The molecule has 1 aliphatic rings. The lowest BCUT2D eigenvalue weighted by molar-refractivity contribution is 0.252. The molecule has 0 aliphatic heterocycles. The highest BCUT2D eigenvalue weighted by Gasteiger charge is 2.27. The fourth-order valence-electron chi connectivity index (χ4n) is 2.91. The van der Waals surface area contributed by atoms with Crippen LogP contribution < -0.4 is 5.32 Å². The van der Waals surface area contributed by atoms with Crippen LogP contribution in [0.3, 0.4) is 0 Å². The lowest BCUT2D eigenvalue weighted by Crippen LogP contribution is -2.35. The van der Waals surface area contributed by atoms with Crippen molar-refractivity contribution in [2.75, 3.05) is 5.32 Å². The van der Waals surface area contributed by atoms with Crippen LogP contribution in [-0.4, -0.2) is 21.0 Å². The zero-order valence-electron chi connectivity index (χ0n) is 14.4. The largest absolute Gasteiger partial charge is 0.351 e. The average Bonchev–Trinajstić information content (AvgIpc) is 2.62. The van der Waals surface area contributed by atoms with Crippen molar-refractivity contribution in [1.82, 2.24) is 15.0 Å². The van der Waals surface area contributed by atoms with Gasteiger partial charge in [-0.3, -0.25) is 4.98 Å². The molecule has 5 heteroatoms. The monoisotopic (exact) mass is 323 g/mol. The number of rotatable bonds is 3. The van der Waals surface area contributed by atoms with E-state index in [1.165, 1.54) is 19.3 Å². The molecule has 3 unspecified atom stereocenters. The van der Waals surface area contributed by atoms with Gasteiger partial charge in [-0.25, -0.2) is 9.97 Å². The Bertz CT molecular complexity index is 611. The topological polar surface area (TPSA) is 74.5 Å². The first kappa shape index (κ1) is 17.9. The molecule has 2 heterocycles. The lowest BCUT2D eigenvalue weighted by atomic mass is 9.78. The third-order valence-electron chi connectivity index (χ3n) is 4.56. The van der Waals surface area contributed by atoms with Gasteiger partial charge in [-0.2, -0.15) is 5.26 Å². The fraction of sp³-hybridized carbons (Fsp3) is 0.474. The van der Waals surface area contributed by atoms with Crippen molar-refractivity contribution in [1.29, 1.82) is 5.26 Å². The van der Waals surface area contributed by atoms with Crippen molar-refractivity contribution in [3.63, 3.8) is 0 Å². The molecule has 5 nitrogen and oxygen atoms in total. The molecule has 2 aromatic rings. The highest BCUT2D eigenvalue weighted by Crippen LogP contribution is 2.30. The molecule has 3 atom stereocenters. The maximum atomic E-state index is 8.68. The van der Waals surface area contributed by atoms with Crippen LogP contribution in [0, 0.1) is 23.2 Å². The standard InChI is InChI=1S/C14H20N4.C5H5N/c1-10-4-3-5-13(11(10)2)18-14-16-9-7-12(17-14)6-8-15;1-2-4-6-5-3-1/h7,9-11,13H,3-6H2,1-2H3,(H,16,17,18);1-5H. The summed E-state index contributed by atoms with van der Waals surface area (Å²) in [4.78, 5) is 12.4. The van der Waals surface area contributed by atoms with Crippen LogP contribution in [0.15, 0.2) is 42.9 Å². The van der Waals surface area contributed by atoms with Crippen LogP contribution in [0.2, 0.25) is 0 Å². The van der Waals surface area contributed by atoms with E-state index in [0.29, 0.717) is 24.3 Å². The second-order valence-corrected chi connectivity index (χ2v) is 6.25. The van der Waals surface area contributed by atoms with Gasteiger partial charge in [0.25, 0.3) is 0 Å². The Hall–Kier alpha value is -2.48. The molecule has 126 valence electrons. The quantitative estimate of drug-likeness (QED) is 0.928. The average molecular weight is 323 g/mol. The Morgan fingerprint density at radius 1 is 1.17 bits per heavy atom. The molecule has 3 rings (SSSR count). The molecule has 0 radical (unpaired) electrons. The van der Waals surface area contributed by atoms with Gasteiger partial charge in [0.15, 0.2) is 0 Å². The number of nitriles is 1. The minimum atomic E-state index is 0.341. The Labute approximate surface area is 144 Å². The molecule has 1 N–H and O–H groups in total. The number of nitrogens with zero attached hydrogens (tertiary/aromatic N) is 4. The molecule has 0 saturated heterocycles. The molecular formula is C19H25N5. The van der Waals surface area contributed by atoms with E-state index in [1.807, 2.05) is 18.2 Å². The van der Waals surface area contributed by atoms with Gasteiger partial charge in [0, 0.05) is 24.6 Å². The van der Waals surface area contributed by atoms with Crippen LogP contribution in [0.5, 0.6) is 0 Å². The molecule has 0 bridgehead atoms. The van der Waals surface area contributed by atoms with E-state index < -0.39 is 0 Å². The normalized spacial score (nSPS) is 22.6. The first-order chi connectivity index (χ1) is 11.7. The van der Waals surface area contributed by atoms with Crippen molar-refractivity contribution < 1.29 is 0 Å². The van der Waals surface area contributed by atoms with Gasteiger partial charge in [-0.1, -0.05) is 32.8 Å². The summed E-state index contributed by atoms with van der Waals surface area (Å²) in [6.45, 7) is 4.60. The van der Waals surface area contributed by atoms with E-state index in [2.05, 4.69) is 40.2 Å². The maximum absolute atomic E-state index is 8.68. The molecule has 1 saturated carbocycles. The molecule has 1 fully saturated rings. The number of nitrogens with one attached hydrogen (secondary N) is 1. The van der Waals surface area contributed by atoms with Crippen molar-refractivity contribution in [3.05, 3.63) is 48.5 Å². The van der Waals surface area contributed by atoms with Crippen molar-refractivity contribution >= 4 is 5.95 Å².